The van der Waals surface area contributed by atoms with Crippen LogP contribution < -0.4 is 0 Å². The van der Waals surface area contributed by atoms with Gasteiger partial charge in [-0.1, -0.05) is 11.8 Å². The summed E-state index contributed by atoms with van der Waals surface area (Å²) in [5.74, 6) is -0.827. The SMILES string of the molecule is COCCCCCn1cnnc1SCC(=O)O. The van der Waals surface area contributed by atoms with Gasteiger partial charge in [-0.15, -0.1) is 10.2 Å². The zero-order chi connectivity index (χ0) is 12.5. The van der Waals surface area contributed by atoms with Gasteiger partial charge in [-0.25, -0.2) is 0 Å². The summed E-state index contributed by atoms with van der Waals surface area (Å²) in [4.78, 5) is 10.4. The molecule has 6 nitrogen and oxygen atoms in total. The number of rotatable bonds is 9. The van der Waals surface area contributed by atoms with E-state index in [4.69, 9.17) is 9.84 Å². The summed E-state index contributed by atoms with van der Waals surface area (Å²) in [6.07, 6.45) is 4.77. The van der Waals surface area contributed by atoms with Gasteiger partial charge in [0.15, 0.2) is 5.16 Å². The highest BCUT2D eigenvalue weighted by Crippen LogP contribution is 2.15. The minimum absolute atomic E-state index is 0.0162. The standard InChI is InChI=1S/C10H17N3O3S/c1-16-6-4-2-3-5-13-8-11-12-10(13)17-7-9(14)15/h8H,2-7H2,1H3,(H,14,15). The molecule has 0 aliphatic carbocycles. The normalized spacial score (nSPS) is 10.6. The second kappa shape index (κ2) is 8.08. The third kappa shape index (κ3) is 5.69. The maximum Gasteiger partial charge on any atom is 0.313 e. The zero-order valence-corrected chi connectivity index (χ0v) is 10.7. The van der Waals surface area contributed by atoms with Gasteiger partial charge in [0.2, 0.25) is 0 Å². The fourth-order valence-corrected chi connectivity index (χ4v) is 2.00. The molecule has 7 heteroatoms. The quantitative estimate of drug-likeness (QED) is 0.531. The first kappa shape index (κ1) is 14.0. The molecule has 17 heavy (non-hydrogen) atoms. The number of unbranched alkanes of at least 4 members (excludes halogenated alkanes) is 2. The lowest BCUT2D eigenvalue weighted by Gasteiger charge is -2.05. The van der Waals surface area contributed by atoms with Gasteiger partial charge < -0.3 is 14.4 Å². The van der Waals surface area contributed by atoms with Gasteiger partial charge in [-0.3, -0.25) is 4.79 Å². The second-order valence-corrected chi connectivity index (χ2v) is 4.49. The number of ether oxygens (including phenoxy) is 1. The van der Waals surface area contributed by atoms with Crippen molar-refractivity contribution in [1.82, 2.24) is 14.8 Å². The third-order valence-electron chi connectivity index (χ3n) is 2.15. The van der Waals surface area contributed by atoms with Crippen LogP contribution in [0.1, 0.15) is 19.3 Å². The first-order valence-corrected chi connectivity index (χ1v) is 6.44. The lowest BCUT2D eigenvalue weighted by molar-refractivity contribution is -0.133. The maximum absolute atomic E-state index is 10.4. The Bertz CT molecular complexity index is 343. The van der Waals surface area contributed by atoms with Crippen LogP contribution in [0.2, 0.25) is 0 Å². The number of hydrogen-bond acceptors (Lipinski definition) is 5. The molecular weight excluding hydrogens is 242 g/mol. The number of aromatic nitrogens is 3. The van der Waals surface area contributed by atoms with Crippen LogP contribution in [-0.2, 0) is 16.1 Å². The van der Waals surface area contributed by atoms with Crippen LogP contribution in [0.4, 0.5) is 0 Å². The van der Waals surface area contributed by atoms with Crippen molar-refractivity contribution in [2.75, 3.05) is 19.5 Å². The Kier molecular flexibility index (Phi) is 6.64. The molecule has 0 saturated heterocycles. The molecule has 0 saturated carbocycles. The Morgan fingerprint density at radius 1 is 1.53 bits per heavy atom. The molecule has 96 valence electrons. The van der Waals surface area contributed by atoms with Crippen molar-refractivity contribution >= 4 is 17.7 Å². The predicted octanol–water partition coefficient (Wildman–Crippen LogP) is 1.27. The molecule has 0 fully saturated rings. The Hall–Kier alpha value is -1.08. The van der Waals surface area contributed by atoms with E-state index in [-0.39, 0.29) is 5.75 Å². The van der Waals surface area contributed by atoms with E-state index in [2.05, 4.69) is 10.2 Å². The number of carboxylic acid groups (broad SMARTS) is 1. The number of aryl methyl sites for hydroxylation is 1. The molecular formula is C10H17N3O3S. The van der Waals surface area contributed by atoms with E-state index in [9.17, 15) is 4.79 Å². The molecule has 0 amide bonds. The van der Waals surface area contributed by atoms with Crippen molar-refractivity contribution in [3.05, 3.63) is 6.33 Å². The number of thioether (sulfide) groups is 1. The van der Waals surface area contributed by atoms with Crippen molar-refractivity contribution < 1.29 is 14.6 Å². The van der Waals surface area contributed by atoms with Crippen LogP contribution in [0.5, 0.6) is 0 Å². The van der Waals surface area contributed by atoms with Gasteiger partial charge in [0, 0.05) is 20.3 Å². The fraction of sp³-hybridized carbons (Fsp3) is 0.700. The fourth-order valence-electron chi connectivity index (χ4n) is 1.34. The molecule has 1 aromatic rings. The summed E-state index contributed by atoms with van der Waals surface area (Å²) in [5, 5.41) is 16.9. The van der Waals surface area contributed by atoms with Crippen molar-refractivity contribution in [2.45, 2.75) is 31.0 Å². The van der Waals surface area contributed by atoms with E-state index < -0.39 is 5.97 Å². The van der Waals surface area contributed by atoms with Gasteiger partial charge in [0.1, 0.15) is 6.33 Å². The molecule has 0 aromatic carbocycles. The van der Waals surface area contributed by atoms with E-state index in [0.717, 1.165) is 32.4 Å². The summed E-state index contributed by atoms with van der Waals surface area (Å²) in [6, 6.07) is 0. The van der Waals surface area contributed by atoms with Crippen LogP contribution in [-0.4, -0.2) is 45.3 Å². The summed E-state index contributed by atoms with van der Waals surface area (Å²) >= 11 is 1.20. The molecule has 0 atom stereocenters. The van der Waals surface area contributed by atoms with Crippen LogP contribution in [0.15, 0.2) is 11.5 Å². The van der Waals surface area contributed by atoms with E-state index in [1.807, 2.05) is 4.57 Å². The van der Waals surface area contributed by atoms with Crippen molar-refractivity contribution in [3.63, 3.8) is 0 Å². The number of nitrogens with zero attached hydrogens (tertiary/aromatic N) is 3. The molecule has 1 N–H and O–H groups in total. The van der Waals surface area contributed by atoms with Crippen LogP contribution in [0.3, 0.4) is 0 Å². The first-order valence-electron chi connectivity index (χ1n) is 5.45. The third-order valence-corrected chi connectivity index (χ3v) is 3.12. The van der Waals surface area contributed by atoms with Crippen LogP contribution >= 0.6 is 11.8 Å². The molecule has 1 aromatic heterocycles. The Balaban J connectivity index is 2.27. The monoisotopic (exact) mass is 259 g/mol. The molecule has 1 rings (SSSR count). The van der Waals surface area contributed by atoms with Crippen LogP contribution in [0.25, 0.3) is 0 Å². The molecule has 0 bridgehead atoms. The number of aliphatic carboxylic acids is 1. The number of carbonyl (C=O) groups is 1. The highest BCUT2D eigenvalue weighted by Gasteiger charge is 2.07. The van der Waals surface area contributed by atoms with Gasteiger partial charge in [0.05, 0.1) is 5.75 Å². The number of hydrogen-bond donors (Lipinski definition) is 1. The molecule has 0 radical (unpaired) electrons. The Labute approximate surface area is 104 Å². The summed E-state index contributed by atoms with van der Waals surface area (Å²) < 4.78 is 6.86. The van der Waals surface area contributed by atoms with E-state index in [1.54, 1.807) is 13.4 Å². The van der Waals surface area contributed by atoms with E-state index in [0.29, 0.717) is 5.16 Å². The molecule has 0 unspecified atom stereocenters. The Morgan fingerprint density at radius 2 is 2.35 bits per heavy atom. The average molecular weight is 259 g/mol. The lowest BCUT2D eigenvalue weighted by Crippen LogP contribution is -2.03. The molecule has 1 heterocycles. The average Bonchev–Trinajstić information content (AvgIpc) is 2.73. The highest BCUT2D eigenvalue weighted by molar-refractivity contribution is 7.99. The molecule has 0 spiro atoms. The van der Waals surface area contributed by atoms with Gasteiger partial charge in [-0.05, 0) is 19.3 Å². The lowest BCUT2D eigenvalue weighted by atomic mass is 10.2. The van der Waals surface area contributed by atoms with E-state index in [1.165, 1.54) is 11.8 Å². The minimum atomic E-state index is -0.843. The highest BCUT2D eigenvalue weighted by atomic mass is 32.2. The Morgan fingerprint density at radius 3 is 3.06 bits per heavy atom. The zero-order valence-electron chi connectivity index (χ0n) is 9.83. The van der Waals surface area contributed by atoms with Crippen LogP contribution in [0, 0.1) is 0 Å². The van der Waals surface area contributed by atoms with Gasteiger partial charge in [-0.2, -0.15) is 0 Å². The van der Waals surface area contributed by atoms with E-state index >= 15 is 0 Å². The largest absolute Gasteiger partial charge is 0.481 e. The number of methoxy groups -OCH3 is 1. The summed E-state index contributed by atoms with van der Waals surface area (Å²) in [5.41, 5.74) is 0. The molecule has 0 aliphatic rings. The van der Waals surface area contributed by atoms with Crippen molar-refractivity contribution in [2.24, 2.45) is 0 Å². The molecule has 0 aliphatic heterocycles. The maximum atomic E-state index is 10.4. The van der Waals surface area contributed by atoms with Gasteiger partial charge in [0.25, 0.3) is 0 Å². The summed E-state index contributed by atoms with van der Waals surface area (Å²) in [6.45, 7) is 1.60. The second-order valence-electron chi connectivity index (χ2n) is 3.54. The van der Waals surface area contributed by atoms with Gasteiger partial charge >= 0.3 is 5.97 Å². The topological polar surface area (TPSA) is 77.2 Å². The first-order chi connectivity index (χ1) is 8.24. The van der Waals surface area contributed by atoms with Crippen molar-refractivity contribution in [1.29, 1.82) is 0 Å². The minimum Gasteiger partial charge on any atom is -0.481 e. The van der Waals surface area contributed by atoms with Crippen molar-refractivity contribution in [3.8, 4) is 0 Å². The smallest absolute Gasteiger partial charge is 0.313 e. The predicted molar refractivity (Wildman–Crippen MR) is 64.1 cm³/mol. The number of carboxylic acids is 1. The summed E-state index contributed by atoms with van der Waals surface area (Å²) in [7, 11) is 1.69.